The molecule has 5 heteroatoms. The van der Waals surface area contributed by atoms with Crippen molar-refractivity contribution in [3.05, 3.63) is 91.5 Å². The van der Waals surface area contributed by atoms with E-state index in [1.54, 1.807) is 6.20 Å². The molecule has 7 aromatic rings. The molecule has 3 heterocycles. The quantitative estimate of drug-likeness (QED) is 0.342. The van der Waals surface area contributed by atoms with E-state index < -0.39 is 0 Å². The maximum Gasteiger partial charge on any atom is 0.142 e. The molecular formula is C27H19N5. The zero-order valence-electron chi connectivity index (χ0n) is 17.4. The Morgan fingerprint density at radius 1 is 0.750 bits per heavy atom. The van der Waals surface area contributed by atoms with Crippen LogP contribution in [0.2, 0.25) is 0 Å². The molecule has 5 nitrogen and oxygen atoms in total. The lowest BCUT2D eigenvalue weighted by Crippen LogP contribution is -2.01. The first kappa shape index (κ1) is 17.3. The lowest BCUT2D eigenvalue weighted by atomic mass is 10.0. The topological polar surface area (TPSA) is 51.4 Å². The number of H-pyrrole nitrogens is 1. The van der Waals surface area contributed by atoms with Gasteiger partial charge in [0, 0.05) is 35.6 Å². The number of nitrogens with zero attached hydrogens (tertiary/aromatic N) is 4. The first-order valence-corrected chi connectivity index (χ1v) is 10.7. The first-order valence-electron chi connectivity index (χ1n) is 10.7. The standard InChI is InChI=1S/C27H19N5/c1-31-22-13-7-6-12-21(22)23(27(31)32-15-14-28-16-32)26-29-24-19-10-4-2-8-17(19)18-9-3-5-11-20(18)25(24)30-26/h2-16H,1H3,(H,29,30). The number of hydrogen-bond acceptors (Lipinski definition) is 2. The highest BCUT2D eigenvalue weighted by Crippen LogP contribution is 2.39. The van der Waals surface area contributed by atoms with Crippen molar-refractivity contribution in [2.75, 3.05) is 0 Å². The summed E-state index contributed by atoms with van der Waals surface area (Å²) in [5.74, 6) is 1.90. The van der Waals surface area contributed by atoms with Gasteiger partial charge in [-0.15, -0.1) is 0 Å². The molecule has 152 valence electrons. The summed E-state index contributed by atoms with van der Waals surface area (Å²) in [5.41, 5.74) is 4.30. The van der Waals surface area contributed by atoms with Crippen LogP contribution in [0, 0.1) is 0 Å². The monoisotopic (exact) mass is 413 g/mol. The molecule has 0 fully saturated rings. The van der Waals surface area contributed by atoms with Gasteiger partial charge in [-0.1, -0.05) is 66.7 Å². The van der Waals surface area contributed by atoms with Crippen molar-refractivity contribution in [2.24, 2.45) is 7.05 Å². The number of para-hydroxylation sites is 1. The van der Waals surface area contributed by atoms with Gasteiger partial charge in [0.15, 0.2) is 0 Å². The van der Waals surface area contributed by atoms with Gasteiger partial charge in [-0.25, -0.2) is 9.97 Å². The molecule has 0 aliphatic carbocycles. The van der Waals surface area contributed by atoms with Crippen LogP contribution >= 0.6 is 0 Å². The second-order valence-corrected chi connectivity index (χ2v) is 8.14. The summed E-state index contributed by atoms with van der Waals surface area (Å²) in [6, 6.07) is 25.5. The summed E-state index contributed by atoms with van der Waals surface area (Å²) in [7, 11) is 2.09. The molecule has 3 aromatic heterocycles. The molecule has 0 aliphatic rings. The van der Waals surface area contributed by atoms with Gasteiger partial charge in [-0.3, -0.25) is 4.57 Å². The Hall–Kier alpha value is -4.38. The summed E-state index contributed by atoms with van der Waals surface area (Å²) in [4.78, 5) is 13.2. The third-order valence-electron chi connectivity index (χ3n) is 6.43. The molecule has 0 aliphatic heterocycles. The smallest absolute Gasteiger partial charge is 0.142 e. The van der Waals surface area contributed by atoms with E-state index in [9.17, 15) is 0 Å². The largest absolute Gasteiger partial charge is 0.337 e. The summed E-state index contributed by atoms with van der Waals surface area (Å²) in [6.45, 7) is 0. The third kappa shape index (κ3) is 2.22. The van der Waals surface area contributed by atoms with Crippen LogP contribution in [0.25, 0.3) is 60.7 Å². The van der Waals surface area contributed by atoms with Crippen LogP contribution in [0.5, 0.6) is 0 Å². The number of nitrogens with one attached hydrogen (secondary N) is 1. The summed E-state index contributed by atoms with van der Waals surface area (Å²) >= 11 is 0. The Balaban J connectivity index is 1.66. The van der Waals surface area contributed by atoms with E-state index >= 15 is 0 Å². The minimum Gasteiger partial charge on any atom is -0.337 e. The normalized spacial score (nSPS) is 11.9. The molecule has 0 atom stereocenters. The Kier molecular flexibility index (Phi) is 3.41. The number of imidazole rings is 2. The predicted molar refractivity (Wildman–Crippen MR) is 130 cm³/mol. The van der Waals surface area contributed by atoms with Crippen LogP contribution in [0.4, 0.5) is 0 Å². The minimum absolute atomic E-state index is 0.863. The van der Waals surface area contributed by atoms with Gasteiger partial charge >= 0.3 is 0 Å². The second kappa shape index (κ2) is 6.31. The maximum absolute atomic E-state index is 5.19. The number of rotatable bonds is 2. The third-order valence-corrected chi connectivity index (χ3v) is 6.43. The van der Waals surface area contributed by atoms with E-state index in [2.05, 4.69) is 98.9 Å². The fourth-order valence-electron chi connectivity index (χ4n) is 5.04. The Labute approximate surface area is 183 Å². The summed E-state index contributed by atoms with van der Waals surface area (Å²) in [6.07, 6.45) is 5.62. The zero-order chi connectivity index (χ0) is 21.2. The summed E-state index contributed by atoms with van der Waals surface area (Å²) < 4.78 is 4.26. The number of benzene rings is 4. The highest BCUT2D eigenvalue weighted by Gasteiger charge is 2.22. The van der Waals surface area contributed by atoms with Crippen molar-refractivity contribution in [1.82, 2.24) is 24.1 Å². The van der Waals surface area contributed by atoms with E-state index in [-0.39, 0.29) is 0 Å². The van der Waals surface area contributed by atoms with Crippen molar-refractivity contribution in [3.8, 4) is 17.2 Å². The van der Waals surface area contributed by atoms with Gasteiger partial charge in [0.1, 0.15) is 18.0 Å². The van der Waals surface area contributed by atoms with Crippen molar-refractivity contribution < 1.29 is 0 Å². The number of aryl methyl sites for hydroxylation is 1. The molecule has 7 rings (SSSR count). The molecule has 32 heavy (non-hydrogen) atoms. The molecule has 0 saturated heterocycles. The van der Waals surface area contributed by atoms with Crippen LogP contribution in [-0.2, 0) is 7.05 Å². The highest BCUT2D eigenvalue weighted by atomic mass is 15.2. The minimum atomic E-state index is 0.863. The van der Waals surface area contributed by atoms with Gasteiger partial charge in [-0.05, 0) is 16.8 Å². The van der Waals surface area contributed by atoms with Crippen LogP contribution in [0.15, 0.2) is 91.5 Å². The Morgan fingerprint density at radius 2 is 1.41 bits per heavy atom. The van der Waals surface area contributed by atoms with Crippen molar-refractivity contribution >= 4 is 43.5 Å². The van der Waals surface area contributed by atoms with Crippen molar-refractivity contribution in [1.29, 1.82) is 0 Å². The average Bonchev–Trinajstić information content (AvgIpc) is 3.57. The van der Waals surface area contributed by atoms with Crippen molar-refractivity contribution in [3.63, 3.8) is 0 Å². The van der Waals surface area contributed by atoms with E-state index in [1.165, 1.54) is 16.2 Å². The van der Waals surface area contributed by atoms with Crippen LogP contribution < -0.4 is 0 Å². The van der Waals surface area contributed by atoms with E-state index in [0.29, 0.717) is 0 Å². The fourth-order valence-corrected chi connectivity index (χ4v) is 5.04. The highest BCUT2D eigenvalue weighted by molar-refractivity contribution is 6.23. The predicted octanol–water partition coefficient (Wildman–Crippen LogP) is 6.21. The molecule has 0 bridgehead atoms. The Bertz CT molecular complexity index is 1710. The second-order valence-electron chi connectivity index (χ2n) is 8.14. The van der Waals surface area contributed by atoms with E-state index in [0.717, 1.165) is 44.5 Å². The number of aromatic amines is 1. The molecule has 0 radical (unpaired) electrons. The van der Waals surface area contributed by atoms with E-state index in [1.807, 2.05) is 12.5 Å². The van der Waals surface area contributed by atoms with Crippen molar-refractivity contribution in [2.45, 2.75) is 0 Å². The SMILES string of the molecule is Cn1c(-n2ccnc2)c(-c2nc3c4ccccc4c4ccccc4c3[nH]2)c2ccccc21. The Morgan fingerprint density at radius 3 is 2.16 bits per heavy atom. The lowest BCUT2D eigenvalue weighted by molar-refractivity contribution is 0.868. The molecule has 0 saturated carbocycles. The molecule has 4 aromatic carbocycles. The fraction of sp³-hybridized carbons (Fsp3) is 0.0370. The van der Waals surface area contributed by atoms with Gasteiger partial charge in [-0.2, -0.15) is 0 Å². The molecule has 0 unspecified atom stereocenters. The maximum atomic E-state index is 5.19. The van der Waals surface area contributed by atoms with Gasteiger partial charge in [0.2, 0.25) is 0 Å². The van der Waals surface area contributed by atoms with Crippen LogP contribution in [0.1, 0.15) is 0 Å². The summed E-state index contributed by atoms with van der Waals surface area (Å²) in [5, 5.41) is 5.96. The molecule has 0 spiro atoms. The molecule has 0 amide bonds. The average molecular weight is 413 g/mol. The van der Waals surface area contributed by atoms with Crippen LogP contribution in [-0.4, -0.2) is 24.1 Å². The molecular weight excluding hydrogens is 394 g/mol. The molecule has 1 N–H and O–H groups in total. The first-order chi connectivity index (χ1) is 15.8. The number of fused-ring (bicyclic) bond motifs is 7. The zero-order valence-corrected chi connectivity index (χ0v) is 17.4. The van der Waals surface area contributed by atoms with E-state index in [4.69, 9.17) is 4.98 Å². The lowest BCUT2D eigenvalue weighted by Gasteiger charge is -2.07. The van der Waals surface area contributed by atoms with Gasteiger partial charge in [0.25, 0.3) is 0 Å². The number of aromatic nitrogens is 5. The van der Waals surface area contributed by atoms with Gasteiger partial charge in [0.05, 0.1) is 22.1 Å². The number of hydrogen-bond donors (Lipinski definition) is 1. The van der Waals surface area contributed by atoms with Gasteiger partial charge < -0.3 is 9.55 Å². The van der Waals surface area contributed by atoms with Crippen LogP contribution in [0.3, 0.4) is 0 Å².